The molecule has 1 saturated heterocycles. The largest absolute Gasteiger partial charge is 0.454 e. The van der Waals surface area contributed by atoms with E-state index < -0.39 is 42.5 Å². The Balaban J connectivity index is 1.50. The summed E-state index contributed by atoms with van der Waals surface area (Å²) in [5.74, 6) is -1.80. The van der Waals surface area contributed by atoms with E-state index in [1.54, 1.807) is 24.3 Å². The first kappa shape index (κ1) is 19.2. The van der Waals surface area contributed by atoms with Crippen LogP contribution in [0.2, 0.25) is 5.02 Å². The van der Waals surface area contributed by atoms with Crippen LogP contribution in [0.1, 0.15) is 32.1 Å². The van der Waals surface area contributed by atoms with Crippen molar-refractivity contribution in [2.75, 3.05) is 18.5 Å². The molecule has 8 nitrogen and oxygen atoms in total. The van der Waals surface area contributed by atoms with Crippen molar-refractivity contribution in [3.63, 3.8) is 0 Å². The van der Waals surface area contributed by atoms with Crippen LogP contribution in [0.3, 0.4) is 0 Å². The van der Waals surface area contributed by atoms with Crippen molar-refractivity contribution in [2.24, 2.45) is 0 Å². The lowest BCUT2D eigenvalue weighted by molar-refractivity contribution is -0.150. The summed E-state index contributed by atoms with van der Waals surface area (Å²) < 4.78 is 4.88. The number of nitrogens with one attached hydrogen (secondary N) is 2. The van der Waals surface area contributed by atoms with Crippen LogP contribution in [0.15, 0.2) is 24.3 Å². The zero-order valence-electron chi connectivity index (χ0n) is 14.6. The molecule has 144 valence electrons. The van der Waals surface area contributed by atoms with Crippen LogP contribution in [-0.4, -0.2) is 47.4 Å². The lowest BCUT2D eigenvalue weighted by Crippen LogP contribution is -2.48. The van der Waals surface area contributed by atoms with Crippen LogP contribution in [-0.2, 0) is 19.1 Å². The molecule has 1 aromatic carbocycles. The van der Waals surface area contributed by atoms with Crippen molar-refractivity contribution in [1.29, 1.82) is 0 Å². The van der Waals surface area contributed by atoms with E-state index >= 15 is 0 Å². The molecule has 2 N–H and O–H groups in total. The van der Waals surface area contributed by atoms with Gasteiger partial charge < -0.3 is 15.4 Å². The van der Waals surface area contributed by atoms with E-state index in [4.69, 9.17) is 16.3 Å². The summed E-state index contributed by atoms with van der Waals surface area (Å²) in [6.45, 7) is -1.06. The first-order valence-corrected chi connectivity index (χ1v) is 9.13. The average molecular weight is 394 g/mol. The fourth-order valence-electron chi connectivity index (χ4n) is 3.38. The van der Waals surface area contributed by atoms with Crippen molar-refractivity contribution >= 4 is 41.1 Å². The molecule has 2 aliphatic rings. The van der Waals surface area contributed by atoms with E-state index in [0.717, 1.165) is 24.2 Å². The number of hydrogen-bond acceptors (Lipinski definition) is 5. The highest BCUT2D eigenvalue weighted by Gasteiger charge is 2.51. The zero-order chi connectivity index (χ0) is 19.4. The molecule has 0 bridgehead atoms. The Morgan fingerprint density at radius 3 is 2.59 bits per heavy atom. The van der Waals surface area contributed by atoms with Crippen molar-refractivity contribution < 1.29 is 23.9 Å². The number of anilines is 1. The number of carbonyl (C=O) groups excluding carboxylic acids is 4. The van der Waals surface area contributed by atoms with Gasteiger partial charge in [0, 0.05) is 0 Å². The van der Waals surface area contributed by atoms with Gasteiger partial charge >= 0.3 is 12.0 Å². The lowest BCUT2D eigenvalue weighted by atomic mass is 9.82. The number of hydrogen-bond donors (Lipinski definition) is 2. The third-order valence-electron chi connectivity index (χ3n) is 4.75. The Kier molecular flexibility index (Phi) is 5.65. The van der Waals surface area contributed by atoms with Crippen LogP contribution in [0.4, 0.5) is 10.5 Å². The number of amides is 4. The number of benzene rings is 1. The van der Waals surface area contributed by atoms with Crippen LogP contribution in [0.25, 0.3) is 0 Å². The smallest absolute Gasteiger partial charge is 0.326 e. The van der Waals surface area contributed by atoms with E-state index in [1.807, 2.05) is 0 Å². The molecular formula is C18H20ClN3O5. The molecule has 4 amide bonds. The summed E-state index contributed by atoms with van der Waals surface area (Å²) in [6.07, 6.45) is 3.87. The summed E-state index contributed by atoms with van der Waals surface area (Å²) in [5, 5.41) is 5.59. The lowest BCUT2D eigenvalue weighted by Gasteiger charge is -2.30. The fraction of sp³-hybridized carbons (Fsp3) is 0.444. The summed E-state index contributed by atoms with van der Waals surface area (Å²) >= 11 is 5.94. The Bertz CT molecular complexity index is 776. The maximum atomic E-state index is 12.6. The van der Waals surface area contributed by atoms with Crippen LogP contribution in [0.5, 0.6) is 0 Å². The minimum Gasteiger partial charge on any atom is -0.454 e. The Labute approximate surface area is 161 Å². The Hall–Kier alpha value is -2.61. The number of urea groups is 1. The third kappa shape index (κ3) is 4.21. The Morgan fingerprint density at radius 1 is 1.19 bits per heavy atom. The number of esters is 1. The molecule has 3 rings (SSSR count). The molecule has 1 aromatic rings. The highest BCUT2D eigenvalue weighted by molar-refractivity contribution is 6.33. The third-order valence-corrected chi connectivity index (χ3v) is 5.08. The molecule has 1 heterocycles. The van der Waals surface area contributed by atoms with Gasteiger partial charge in [-0.3, -0.25) is 19.3 Å². The van der Waals surface area contributed by atoms with Gasteiger partial charge in [0.15, 0.2) is 6.61 Å². The second-order valence-corrected chi connectivity index (χ2v) is 7.06. The molecule has 27 heavy (non-hydrogen) atoms. The molecule has 0 unspecified atom stereocenters. The second kappa shape index (κ2) is 7.96. The molecule has 0 aromatic heterocycles. The summed E-state index contributed by atoms with van der Waals surface area (Å²) in [5.41, 5.74) is -0.495. The zero-order valence-corrected chi connectivity index (χ0v) is 15.4. The Morgan fingerprint density at radius 2 is 1.89 bits per heavy atom. The maximum Gasteiger partial charge on any atom is 0.326 e. The fourth-order valence-corrected chi connectivity index (χ4v) is 3.57. The number of rotatable bonds is 5. The molecule has 1 spiro atoms. The average Bonchev–Trinajstić information content (AvgIpc) is 2.86. The number of halogens is 1. The number of imide groups is 1. The van der Waals surface area contributed by atoms with Crippen molar-refractivity contribution in [1.82, 2.24) is 10.2 Å². The van der Waals surface area contributed by atoms with E-state index in [1.165, 1.54) is 0 Å². The quantitative estimate of drug-likeness (QED) is 0.588. The van der Waals surface area contributed by atoms with Gasteiger partial charge in [-0.1, -0.05) is 43.0 Å². The molecule has 0 atom stereocenters. The predicted octanol–water partition coefficient (Wildman–Crippen LogP) is 2.08. The maximum absolute atomic E-state index is 12.6. The molecular weight excluding hydrogens is 374 g/mol. The summed E-state index contributed by atoms with van der Waals surface area (Å²) in [4.78, 5) is 49.4. The summed E-state index contributed by atoms with van der Waals surface area (Å²) in [6, 6.07) is 6.04. The van der Waals surface area contributed by atoms with Crippen LogP contribution in [0, 0.1) is 0 Å². The number of nitrogens with zero attached hydrogens (tertiary/aromatic N) is 1. The van der Waals surface area contributed by atoms with Gasteiger partial charge in [-0.25, -0.2) is 4.79 Å². The van der Waals surface area contributed by atoms with E-state index in [-0.39, 0.29) is 0 Å². The number of para-hydroxylation sites is 1. The molecule has 9 heteroatoms. The molecule has 1 aliphatic heterocycles. The van der Waals surface area contributed by atoms with Gasteiger partial charge in [0.2, 0.25) is 0 Å². The summed E-state index contributed by atoms with van der Waals surface area (Å²) in [7, 11) is 0. The van der Waals surface area contributed by atoms with Gasteiger partial charge in [0.05, 0.1) is 10.7 Å². The monoisotopic (exact) mass is 393 g/mol. The van der Waals surface area contributed by atoms with E-state index in [0.29, 0.717) is 23.6 Å². The number of carbonyl (C=O) groups is 4. The van der Waals surface area contributed by atoms with Crippen LogP contribution < -0.4 is 10.6 Å². The standard InChI is InChI=1S/C18H20ClN3O5/c19-12-6-2-3-7-13(12)20-14(23)11-27-15(24)10-22-16(25)18(21-17(22)26)8-4-1-5-9-18/h2-3,6-7H,1,4-5,8-11H2,(H,20,23)(H,21,26). The van der Waals surface area contributed by atoms with Gasteiger partial charge in [0.1, 0.15) is 12.1 Å². The van der Waals surface area contributed by atoms with Crippen molar-refractivity contribution in [2.45, 2.75) is 37.6 Å². The van der Waals surface area contributed by atoms with E-state index in [2.05, 4.69) is 10.6 Å². The van der Waals surface area contributed by atoms with Crippen LogP contribution >= 0.6 is 11.6 Å². The minimum atomic E-state index is -0.892. The SMILES string of the molecule is O=C(COC(=O)CN1C(=O)NC2(CCCCC2)C1=O)Nc1ccccc1Cl. The molecule has 0 radical (unpaired) electrons. The topological polar surface area (TPSA) is 105 Å². The van der Waals surface area contributed by atoms with Crippen molar-refractivity contribution in [3.8, 4) is 0 Å². The first-order valence-electron chi connectivity index (χ1n) is 8.75. The highest BCUT2D eigenvalue weighted by atomic mass is 35.5. The van der Waals surface area contributed by atoms with E-state index in [9.17, 15) is 19.2 Å². The first-order chi connectivity index (χ1) is 12.9. The number of ether oxygens (including phenoxy) is 1. The van der Waals surface area contributed by atoms with Gasteiger partial charge in [-0.2, -0.15) is 0 Å². The van der Waals surface area contributed by atoms with Gasteiger partial charge in [-0.05, 0) is 25.0 Å². The highest BCUT2D eigenvalue weighted by Crippen LogP contribution is 2.33. The second-order valence-electron chi connectivity index (χ2n) is 6.65. The van der Waals surface area contributed by atoms with Gasteiger partial charge in [0.25, 0.3) is 11.8 Å². The van der Waals surface area contributed by atoms with Gasteiger partial charge in [-0.15, -0.1) is 0 Å². The molecule has 1 saturated carbocycles. The minimum absolute atomic E-state index is 0.356. The normalized spacial score (nSPS) is 18.3. The van der Waals surface area contributed by atoms with Crippen molar-refractivity contribution in [3.05, 3.63) is 29.3 Å². The molecule has 2 fully saturated rings. The molecule has 1 aliphatic carbocycles. The predicted molar refractivity (Wildman–Crippen MR) is 97.1 cm³/mol.